The topological polar surface area (TPSA) is 53.0 Å². The van der Waals surface area contributed by atoms with Crippen molar-refractivity contribution in [3.63, 3.8) is 0 Å². The third-order valence-electron chi connectivity index (χ3n) is 4.30. The Hall–Kier alpha value is -2.49. The second-order valence-electron chi connectivity index (χ2n) is 7.78. The molecule has 0 aliphatic heterocycles. The molecule has 0 atom stereocenters. The van der Waals surface area contributed by atoms with Crippen molar-refractivity contribution in [1.29, 1.82) is 0 Å². The molecule has 0 saturated carbocycles. The van der Waals surface area contributed by atoms with Crippen LogP contribution in [0.25, 0.3) is 22.2 Å². The molecule has 0 saturated heterocycles. The van der Waals surface area contributed by atoms with E-state index in [1.165, 1.54) is 0 Å². The average molecular weight is 323 g/mol. The monoisotopic (exact) mass is 323 g/mol. The van der Waals surface area contributed by atoms with Crippen LogP contribution >= 0.6 is 0 Å². The first kappa shape index (κ1) is 16.4. The summed E-state index contributed by atoms with van der Waals surface area (Å²) in [5, 5.41) is 0. The molecule has 126 valence electrons. The fourth-order valence-corrected chi connectivity index (χ4v) is 3.15. The minimum Gasteiger partial charge on any atom is -0.398 e. The van der Waals surface area contributed by atoms with Crippen LogP contribution in [0.5, 0.6) is 0 Å². The summed E-state index contributed by atoms with van der Waals surface area (Å²) in [6, 6.07) is 12.2. The molecule has 3 rings (SSSR count). The van der Waals surface area contributed by atoms with Crippen LogP contribution in [0.1, 0.15) is 26.3 Å². The van der Waals surface area contributed by atoms with Crippen LogP contribution in [0.15, 0.2) is 41.2 Å². The van der Waals surface area contributed by atoms with Gasteiger partial charge in [0, 0.05) is 24.8 Å². The van der Waals surface area contributed by atoms with E-state index in [-0.39, 0.29) is 11.1 Å². The first-order valence-electron chi connectivity index (χ1n) is 8.23. The molecule has 1 aromatic heterocycles. The molecule has 0 radical (unpaired) electrons. The van der Waals surface area contributed by atoms with Crippen molar-refractivity contribution in [2.24, 2.45) is 12.5 Å². The molecule has 3 aromatic rings. The normalized spacial score (nSPS) is 12.0. The lowest BCUT2D eigenvalue weighted by Crippen LogP contribution is -2.27. The number of anilines is 1. The molecule has 4 nitrogen and oxygen atoms in total. The van der Waals surface area contributed by atoms with Gasteiger partial charge in [-0.1, -0.05) is 39.0 Å². The lowest BCUT2D eigenvalue weighted by molar-refractivity contribution is 0.342. The number of imidazole rings is 1. The van der Waals surface area contributed by atoms with Gasteiger partial charge in [0.15, 0.2) is 0 Å². The predicted molar refractivity (Wildman–Crippen MR) is 101 cm³/mol. The zero-order chi connectivity index (χ0) is 17.6. The van der Waals surface area contributed by atoms with Crippen molar-refractivity contribution in [3.05, 3.63) is 52.4 Å². The van der Waals surface area contributed by atoms with Crippen LogP contribution in [0, 0.1) is 12.3 Å². The lowest BCUT2D eigenvalue weighted by atomic mass is 9.96. The number of nitrogens with zero attached hydrogens (tertiary/aromatic N) is 2. The maximum absolute atomic E-state index is 12.6. The fraction of sp³-hybridized carbons (Fsp3) is 0.350. The number of rotatable bonds is 2. The van der Waals surface area contributed by atoms with Gasteiger partial charge in [0.1, 0.15) is 0 Å². The highest BCUT2D eigenvalue weighted by Gasteiger charge is 2.18. The molecule has 0 fully saturated rings. The number of hydrogen-bond donors (Lipinski definition) is 1. The molecule has 24 heavy (non-hydrogen) atoms. The molecule has 0 aliphatic rings. The smallest absolute Gasteiger partial charge is 0.328 e. The Balaban J connectivity index is 2.19. The molecule has 0 aliphatic carbocycles. The summed E-state index contributed by atoms with van der Waals surface area (Å²) >= 11 is 0. The summed E-state index contributed by atoms with van der Waals surface area (Å²) in [4.78, 5) is 12.6. The number of nitrogen functional groups attached to an aromatic ring is 1. The number of benzene rings is 2. The van der Waals surface area contributed by atoms with E-state index >= 15 is 0 Å². The van der Waals surface area contributed by atoms with E-state index in [2.05, 4.69) is 32.9 Å². The summed E-state index contributed by atoms with van der Waals surface area (Å²) in [5.74, 6) is 0. The Bertz CT molecular complexity index is 971. The van der Waals surface area contributed by atoms with Crippen LogP contribution < -0.4 is 11.4 Å². The maximum atomic E-state index is 12.6. The molecule has 1 heterocycles. The minimum absolute atomic E-state index is 0.0222. The number of fused-ring (bicyclic) bond motifs is 1. The highest BCUT2D eigenvalue weighted by atomic mass is 16.1. The fourth-order valence-electron chi connectivity index (χ4n) is 3.15. The Kier molecular flexibility index (Phi) is 3.78. The summed E-state index contributed by atoms with van der Waals surface area (Å²) in [5.41, 5.74) is 12.1. The Morgan fingerprint density at radius 2 is 1.75 bits per heavy atom. The van der Waals surface area contributed by atoms with Crippen LogP contribution in [0.3, 0.4) is 0 Å². The molecular weight excluding hydrogens is 298 g/mol. The lowest BCUT2D eigenvalue weighted by Gasteiger charge is -2.18. The summed E-state index contributed by atoms with van der Waals surface area (Å²) in [7, 11) is 1.83. The van der Waals surface area contributed by atoms with E-state index in [1.807, 2.05) is 42.8 Å². The molecular formula is C20H25N3O. The zero-order valence-electron chi connectivity index (χ0n) is 15.1. The molecule has 0 amide bonds. The second-order valence-corrected chi connectivity index (χ2v) is 7.78. The zero-order valence-corrected chi connectivity index (χ0v) is 15.1. The Labute approximate surface area is 142 Å². The molecule has 2 aromatic carbocycles. The highest BCUT2D eigenvalue weighted by molar-refractivity contribution is 5.86. The molecule has 0 spiro atoms. The van der Waals surface area contributed by atoms with E-state index in [0.717, 1.165) is 33.4 Å². The van der Waals surface area contributed by atoms with Crippen LogP contribution in [0.2, 0.25) is 0 Å². The van der Waals surface area contributed by atoms with Gasteiger partial charge in [-0.15, -0.1) is 0 Å². The van der Waals surface area contributed by atoms with Crippen LogP contribution in [-0.2, 0) is 13.6 Å². The van der Waals surface area contributed by atoms with Gasteiger partial charge in [0.2, 0.25) is 0 Å². The van der Waals surface area contributed by atoms with Gasteiger partial charge in [0.25, 0.3) is 0 Å². The van der Waals surface area contributed by atoms with Gasteiger partial charge in [-0.05, 0) is 41.7 Å². The molecule has 0 bridgehead atoms. The van der Waals surface area contributed by atoms with Crippen molar-refractivity contribution in [1.82, 2.24) is 9.13 Å². The largest absolute Gasteiger partial charge is 0.398 e. The first-order chi connectivity index (χ1) is 11.2. The van der Waals surface area contributed by atoms with E-state index in [4.69, 9.17) is 5.73 Å². The molecule has 2 N–H and O–H groups in total. The SMILES string of the molecule is Cc1ccc(-c2ccc3c(c2)n(C)c(=O)n3CC(C)(C)C)c(N)c1. The van der Waals surface area contributed by atoms with Gasteiger partial charge in [-0.2, -0.15) is 0 Å². The van der Waals surface area contributed by atoms with Crippen LogP contribution in [-0.4, -0.2) is 9.13 Å². The number of hydrogen-bond acceptors (Lipinski definition) is 2. The number of aryl methyl sites for hydroxylation is 2. The van der Waals surface area contributed by atoms with Gasteiger partial charge in [0.05, 0.1) is 11.0 Å². The summed E-state index contributed by atoms with van der Waals surface area (Å²) in [6.45, 7) is 9.13. The predicted octanol–water partition coefficient (Wildman–Crippen LogP) is 3.94. The molecule has 4 heteroatoms. The van der Waals surface area contributed by atoms with Crippen molar-refractivity contribution in [2.75, 3.05) is 5.73 Å². The van der Waals surface area contributed by atoms with E-state index in [0.29, 0.717) is 6.54 Å². The third-order valence-corrected chi connectivity index (χ3v) is 4.30. The highest BCUT2D eigenvalue weighted by Crippen LogP contribution is 2.30. The minimum atomic E-state index is 0.0222. The Morgan fingerprint density at radius 3 is 2.38 bits per heavy atom. The van der Waals surface area contributed by atoms with E-state index < -0.39 is 0 Å². The maximum Gasteiger partial charge on any atom is 0.328 e. The van der Waals surface area contributed by atoms with Gasteiger partial charge in [-0.3, -0.25) is 9.13 Å². The quantitative estimate of drug-likeness (QED) is 0.726. The van der Waals surface area contributed by atoms with Gasteiger partial charge < -0.3 is 5.73 Å². The van der Waals surface area contributed by atoms with E-state index in [9.17, 15) is 4.79 Å². The van der Waals surface area contributed by atoms with Crippen molar-refractivity contribution < 1.29 is 0 Å². The standard InChI is InChI=1S/C20H25N3O/c1-13-6-8-15(16(21)10-13)14-7-9-17-18(11-14)22(5)19(24)23(17)12-20(2,3)4/h6-11H,12,21H2,1-5H3. The van der Waals surface area contributed by atoms with Crippen molar-refractivity contribution in [3.8, 4) is 11.1 Å². The van der Waals surface area contributed by atoms with Gasteiger partial charge in [-0.25, -0.2) is 4.79 Å². The summed E-state index contributed by atoms with van der Waals surface area (Å²) < 4.78 is 3.58. The first-order valence-corrected chi connectivity index (χ1v) is 8.23. The second kappa shape index (κ2) is 5.55. The molecule has 0 unspecified atom stereocenters. The van der Waals surface area contributed by atoms with Crippen molar-refractivity contribution in [2.45, 2.75) is 34.2 Å². The number of nitrogens with two attached hydrogens (primary N) is 1. The van der Waals surface area contributed by atoms with Crippen LogP contribution in [0.4, 0.5) is 5.69 Å². The average Bonchev–Trinajstić information content (AvgIpc) is 2.71. The summed E-state index contributed by atoms with van der Waals surface area (Å²) in [6.07, 6.45) is 0. The Morgan fingerprint density at radius 1 is 1.04 bits per heavy atom. The van der Waals surface area contributed by atoms with Crippen molar-refractivity contribution >= 4 is 16.7 Å². The number of aromatic nitrogens is 2. The third kappa shape index (κ3) is 2.84. The van der Waals surface area contributed by atoms with E-state index in [1.54, 1.807) is 4.57 Å². The van der Waals surface area contributed by atoms with Gasteiger partial charge >= 0.3 is 5.69 Å².